The normalized spacial score (nSPS) is 17.5. The maximum Gasteiger partial charge on any atom is 0.222 e. The molecule has 3 rings (SSSR count). The molecule has 2 aromatic rings. The highest BCUT2D eigenvalue weighted by Gasteiger charge is 2.34. The maximum absolute atomic E-state index is 12.4. The van der Waals surface area contributed by atoms with Crippen molar-refractivity contribution in [3.05, 3.63) is 59.2 Å². The van der Waals surface area contributed by atoms with Crippen LogP contribution in [0.3, 0.4) is 0 Å². The van der Waals surface area contributed by atoms with E-state index < -0.39 is 0 Å². The zero-order valence-corrected chi connectivity index (χ0v) is 18.1. The van der Waals surface area contributed by atoms with Crippen molar-refractivity contribution in [2.45, 2.75) is 45.8 Å². The minimum Gasteiger partial charge on any atom is -0.493 e. The van der Waals surface area contributed by atoms with Gasteiger partial charge in [-0.2, -0.15) is 0 Å². The van der Waals surface area contributed by atoms with Gasteiger partial charge in [-0.05, 0) is 42.2 Å². The lowest BCUT2D eigenvalue weighted by Crippen LogP contribution is -2.48. The van der Waals surface area contributed by atoms with Gasteiger partial charge in [0.15, 0.2) is 11.5 Å². The van der Waals surface area contributed by atoms with E-state index in [1.54, 1.807) is 14.2 Å². The number of amides is 1. The second-order valence-corrected chi connectivity index (χ2v) is 8.01. The fourth-order valence-electron chi connectivity index (χ4n) is 4.08. The van der Waals surface area contributed by atoms with Gasteiger partial charge in [0.2, 0.25) is 5.91 Å². The molecule has 1 N–H and O–H groups in total. The third kappa shape index (κ3) is 4.73. The third-order valence-corrected chi connectivity index (χ3v) is 5.62. The predicted molar refractivity (Wildman–Crippen MR) is 115 cm³/mol. The van der Waals surface area contributed by atoms with Gasteiger partial charge in [-0.25, -0.2) is 0 Å². The summed E-state index contributed by atoms with van der Waals surface area (Å²) < 4.78 is 11.1. The molecular weight excluding hydrogens is 364 g/mol. The van der Waals surface area contributed by atoms with E-state index in [4.69, 9.17) is 9.47 Å². The molecule has 0 fully saturated rings. The summed E-state index contributed by atoms with van der Waals surface area (Å²) in [7, 11) is 3.32. The standard InChI is InChI=1S/C24H32N2O3/c1-16(2)24(27)25-17(3)23-20-14-22(29-5)21(28-4)13-19(20)11-12-26(23)15-18-9-7-6-8-10-18/h6-10,13-14,16-17,23H,11-12,15H2,1-5H3,(H,25,27)/t17-,23-/m1/s1. The molecule has 5 heteroatoms. The summed E-state index contributed by atoms with van der Waals surface area (Å²) in [5.41, 5.74) is 3.72. The monoisotopic (exact) mass is 396 g/mol. The fourth-order valence-corrected chi connectivity index (χ4v) is 4.08. The summed E-state index contributed by atoms with van der Waals surface area (Å²) in [6.45, 7) is 7.69. The average molecular weight is 397 g/mol. The van der Waals surface area contributed by atoms with Crippen molar-refractivity contribution in [1.82, 2.24) is 10.2 Å². The Morgan fingerprint density at radius 3 is 2.38 bits per heavy atom. The smallest absolute Gasteiger partial charge is 0.222 e. The molecule has 0 bridgehead atoms. The van der Waals surface area contributed by atoms with Crippen LogP contribution in [0.4, 0.5) is 0 Å². The zero-order valence-electron chi connectivity index (χ0n) is 18.1. The first kappa shape index (κ1) is 21.2. The Kier molecular flexibility index (Phi) is 6.80. The van der Waals surface area contributed by atoms with Crippen LogP contribution in [0.1, 0.15) is 43.5 Å². The van der Waals surface area contributed by atoms with Gasteiger partial charge < -0.3 is 14.8 Å². The van der Waals surface area contributed by atoms with Gasteiger partial charge in [-0.1, -0.05) is 44.2 Å². The lowest BCUT2D eigenvalue weighted by Gasteiger charge is -2.41. The summed E-state index contributed by atoms with van der Waals surface area (Å²) in [6.07, 6.45) is 0.934. The average Bonchev–Trinajstić information content (AvgIpc) is 2.72. The number of ether oxygens (including phenoxy) is 2. The number of benzene rings is 2. The molecule has 1 aliphatic heterocycles. The lowest BCUT2D eigenvalue weighted by atomic mass is 9.87. The molecular formula is C24H32N2O3. The van der Waals surface area contributed by atoms with Crippen LogP contribution < -0.4 is 14.8 Å². The number of fused-ring (bicyclic) bond motifs is 1. The van der Waals surface area contributed by atoms with Gasteiger partial charge in [-0.15, -0.1) is 0 Å². The van der Waals surface area contributed by atoms with Crippen molar-refractivity contribution < 1.29 is 14.3 Å². The van der Waals surface area contributed by atoms with Crippen molar-refractivity contribution in [1.29, 1.82) is 0 Å². The van der Waals surface area contributed by atoms with Crippen LogP contribution in [0, 0.1) is 5.92 Å². The Hall–Kier alpha value is -2.53. The van der Waals surface area contributed by atoms with Crippen molar-refractivity contribution in [2.75, 3.05) is 20.8 Å². The highest BCUT2D eigenvalue weighted by molar-refractivity contribution is 5.78. The first-order valence-corrected chi connectivity index (χ1v) is 10.3. The maximum atomic E-state index is 12.4. The van der Waals surface area contributed by atoms with E-state index in [9.17, 15) is 4.79 Å². The summed E-state index contributed by atoms with van der Waals surface area (Å²) in [6, 6.07) is 14.7. The molecule has 2 atom stereocenters. The summed E-state index contributed by atoms with van der Waals surface area (Å²) in [5.74, 6) is 1.50. The van der Waals surface area contributed by atoms with E-state index >= 15 is 0 Å². The third-order valence-electron chi connectivity index (χ3n) is 5.62. The SMILES string of the molecule is COc1cc2c(cc1OC)[C@@H]([C@@H](C)NC(=O)C(C)C)N(Cc1ccccc1)CC2. The van der Waals surface area contributed by atoms with E-state index in [1.807, 2.05) is 19.9 Å². The van der Waals surface area contributed by atoms with Crippen LogP contribution in [0.15, 0.2) is 42.5 Å². The Morgan fingerprint density at radius 2 is 1.76 bits per heavy atom. The predicted octanol–water partition coefficient (Wildman–Crippen LogP) is 3.96. The van der Waals surface area contributed by atoms with Gasteiger partial charge in [0.1, 0.15) is 0 Å². The zero-order chi connectivity index (χ0) is 21.0. The van der Waals surface area contributed by atoms with Crippen LogP contribution in [0.2, 0.25) is 0 Å². The van der Waals surface area contributed by atoms with Crippen LogP contribution in [0.25, 0.3) is 0 Å². The Labute approximate surface area is 174 Å². The quantitative estimate of drug-likeness (QED) is 0.770. The number of nitrogens with zero attached hydrogens (tertiary/aromatic N) is 1. The van der Waals surface area contributed by atoms with Gasteiger partial charge in [0, 0.05) is 25.0 Å². The lowest BCUT2D eigenvalue weighted by molar-refractivity contribution is -0.125. The van der Waals surface area contributed by atoms with Crippen LogP contribution in [-0.4, -0.2) is 37.6 Å². The number of methoxy groups -OCH3 is 2. The molecule has 0 radical (unpaired) electrons. The largest absolute Gasteiger partial charge is 0.493 e. The van der Waals surface area contributed by atoms with Crippen molar-refractivity contribution in [3.8, 4) is 11.5 Å². The fraction of sp³-hybridized carbons (Fsp3) is 0.458. The van der Waals surface area contributed by atoms with E-state index in [-0.39, 0.29) is 23.9 Å². The Morgan fingerprint density at radius 1 is 1.10 bits per heavy atom. The molecule has 1 heterocycles. The number of nitrogens with one attached hydrogen (secondary N) is 1. The van der Waals surface area contributed by atoms with Gasteiger partial charge in [-0.3, -0.25) is 9.69 Å². The molecule has 2 aromatic carbocycles. The number of hydrogen-bond acceptors (Lipinski definition) is 4. The van der Waals surface area contributed by atoms with E-state index in [0.29, 0.717) is 0 Å². The van der Waals surface area contributed by atoms with Gasteiger partial charge >= 0.3 is 0 Å². The minimum atomic E-state index is -0.0477. The highest BCUT2D eigenvalue weighted by Crippen LogP contribution is 2.40. The van der Waals surface area contributed by atoms with Gasteiger partial charge in [0.25, 0.3) is 0 Å². The van der Waals surface area contributed by atoms with Crippen molar-refractivity contribution >= 4 is 5.91 Å². The topological polar surface area (TPSA) is 50.8 Å². The van der Waals surface area contributed by atoms with Crippen molar-refractivity contribution in [2.24, 2.45) is 5.92 Å². The van der Waals surface area contributed by atoms with Crippen molar-refractivity contribution in [3.63, 3.8) is 0 Å². The molecule has 1 amide bonds. The second kappa shape index (κ2) is 9.31. The Balaban J connectivity index is 1.98. The molecule has 29 heavy (non-hydrogen) atoms. The van der Waals surface area contributed by atoms with E-state index in [0.717, 1.165) is 31.0 Å². The van der Waals surface area contributed by atoms with E-state index in [1.165, 1.54) is 16.7 Å². The molecule has 5 nitrogen and oxygen atoms in total. The Bertz CT molecular complexity index is 836. The molecule has 0 aromatic heterocycles. The first-order valence-electron chi connectivity index (χ1n) is 10.3. The molecule has 0 spiro atoms. The molecule has 1 aliphatic rings. The number of carbonyl (C=O) groups excluding carboxylic acids is 1. The minimum absolute atomic E-state index is 0.0363. The molecule has 0 aliphatic carbocycles. The summed E-state index contributed by atoms with van der Waals surface area (Å²) in [4.78, 5) is 14.9. The summed E-state index contributed by atoms with van der Waals surface area (Å²) >= 11 is 0. The molecule has 0 saturated carbocycles. The highest BCUT2D eigenvalue weighted by atomic mass is 16.5. The molecule has 0 saturated heterocycles. The molecule has 156 valence electrons. The summed E-state index contributed by atoms with van der Waals surface area (Å²) in [5, 5.41) is 3.22. The molecule has 0 unspecified atom stereocenters. The number of carbonyl (C=O) groups is 1. The second-order valence-electron chi connectivity index (χ2n) is 8.01. The van der Waals surface area contributed by atoms with E-state index in [2.05, 4.69) is 53.5 Å². The van der Waals surface area contributed by atoms with Gasteiger partial charge in [0.05, 0.1) is 20.3 Å². The van der Waals surface area contributed by atoms with Crippen LogP contribution in [0.5, 0.6) is 11.5 Å². The number of rotatable bonds is 7. The van der Waals surface area contributed by atoms with Crippen LogP contribution in [-0.2, 0) is 17.8 Å². The first-order chi connectivity index (χ1) is 13.9. The number of hydrogen-bond donors (Lipinski definition) is 1. The van der Waals surface area contributed by atoms with Crippen LogP contribution >= 0.6 is 0 Å².